The van der Waals surface area contributed by atoms with E-state index in [1.165, 1.54) is 0 Å². The summed E-state index contributed by atoms with van der Waals surface area (Å²) in [6.07, 6.45) is 0.881. The number of hydrogen-bond acceptors (Lipinski definition) is 3. The first-order chi connectivity index (χ1) is 6.65. The molecule has 2 atom stereocenters. The van der Waals surface area contributed by atoms with Gasteiger partial charge < -0.3 is 10.6 Å². The molecule has 0 spiro atoms. The van der Waals surface area contributed by atoms with Crippen molar-refractivity contribution in [3.05, 3.63) is 0 Å². The average molecular weight is 199 g/mol. The van der Waals surface area contributed by atoms with Crippen LogP contribution in [0.25, 0.3) is 0 Å². The third-order valence-corrected chi connectivity index (χ3v) is 2.73. The molecule has 0 aromatic carbocycles. The first kappa shape index (κ1) is 11.5. The van der Waals surface area contributed by atoms with Crippen molar-refractivity contribution in [3.8, 4) is 0 Å². The van der Waals surface area contributed by atoms with Gasteiger partial charge in [0.15, 0.2) is 0 Å². The summed E-state index contributed by atoms with van der Waals surface area (Å²) in [5, 5.41) is 6.06. The lowest BCUT2D eigenvalue weighted by Gasteiger charge is -2.24. The normalized spacial score (nSPS) is 29.8. The fourth-order valence-electron chi connectivity index (χ4n) is 1.91. The fourth-order valence-corrected chi connectivity index (χ4v) is 1.91. The van der Waals surface area contributed by atoms with Gasteiger partial charge in [0.25, 0.3) is 0 Å². The Labute approximate surface area is 86.0 Å². The van der Waals surface area contributed by atoms with Gasteiger partial charge in [-0.1, -0.05) is 6.92 Å². The Morgan fingerprint density at radius 1 is 1.64 bits per heavy atom. The zero-order valence-electron chi connectivity index (χ0n) is 9.34. The van der Waals surface area contributed by atoms with Gasteiger partial charge in [0.05, 0.1) is 6.04 Å². The Hall–Kier alpha value is -0.610. The van der Waals surface area contributed by atoms with Crippen molar-refractivity contribution < 1.29 is 4.79 Å². The molecule has 0 aromatic rings. The van der Waals surface area contributed by atoms with Gasteiger partial charge in [-0.25, -0.2) is 0 Å². The number of likely N-dealkylation sites (N-methyl/N-ethyl adjacent to an activating group) is 1. The van der Waals surface area contributed by atoms with E-state index in [4.69, 9.17) is 0 Å². The number of carbonyl (C=O) groups excluding carboxylic acids is 1. The molecule has 82 valence electrons. The van der Waals surface area contributed by atoms with Crippen molar-refractivity contribution in [1.29, 1.82) is 0 Å². The van der Waals surface area contributed by atoms with Crippen LogP contribution < -0.4 is 10.6 Å². The maximum Gasteiger partial charge on any atom is 0.237 e. The monoisotopic (exact) mass is 199 g/mol. The molecular weight excluding hydrogens is 178 g/mol. The standard InChI is InChI=1S/C10H21N3O/c1-8-6-12-10(14)9(4-5-11-2)13(3)7-8/h8-9,11H,4-7H2,1-3H3,(H,12,14). The minimum atomic E-state index is 0.0346. The molecule has 1 aliphatic heterocycles. The summed E-state index contributed by atoms with van der Waals surface area (Å²) in [6, 6.07) is 0.0346. The lowest BCUT2D eigenvalue weighted by Crippen LogP contribution is -2.43. The van der Waals surface area contributed by atoms with E-state index in [0.29, 0.717) is 5.92 Å². The summed E-state index contributed by atoms with van der Waals surface area (Å²) in [6.45, 7) is 4.85. The highest BCUT2D eigenvalue weighted by Crippen LogP contribution is 2.09. The fraction of sp³-hybridized carbons (Fsp3) is 0.900. The van der Waals surface area contributed by atoms with E-state index < -0.39 is 0 Å². The molecule has 0 aliphatic carbocycles. The molecule has 1 rings (SSSR count). The molecule has 1 saturated heterocycles. The van der Waals surface area contributed by atoms with Crippen molar-refractivity contribution in [2.24, 2.45) is 5.92 Å². The first-order valence-electron chi connectivity index (χ1n) is 5.27. The summed E-state index contributed by atoms with van der Waals surface area (Å²) in [5.74, 6) is 0.718. The van der Waals surface area contributed by atoms with E-state index in [-0.39, 0.29) is 11.9 Å². The second kappa shape index (κ2) is 5.32. The molecule has 0 bridgehead atoms. The molecule has 1 aliphatic rings. The molecule has 2 unspecified atom stereocenters. The zero-order valence-corrected chi connectivity index (χ0v) is 9.34. The summed E-state index contributed by atoms with van der Waals surface area (Å²) < 4.78 is 0. The van der Waals surface area contributed by atoms with Gasteiger partial charge in [-0.15, -0.1) is 0 Å². The Balaban J connectivity index is 2.54. The smallest absolute Gasteiger partial charge is 0.237 e. The van der Waals surface area contributed by atoms with E-state index in [2.05, 4.69) is 22.5 Å². The minimum absolute atomic E-state index is 0.0346. The second-order valence-electron chi connectivity index (χ2n) is 4.20. The summed E-state index contributed by atoms with van der Waals surface area (Å²) in [7, 11) is 3.94. The minimum Gasteiger partial charge on any atom is -0.354 e. The van der Waals surface area contributed by atoms with Crippen LogP contribution >= 0.6 is 0 Å². The highest BCUT2D eigenvalue weighted by atomic mass is 16.2. The topological polar surface area (TPSA) is 44.4 Å². The van der Waals surface area contributed by atoms with E-state index in [1.54, 1.807) is 0 Å². The van der Waals surface area contributed by atoms with Crippen LogP contribution in [0.1, 0.15) is 13.3 Å². The van der Waals surface area contributed by atoms with Crippen LogP contribution in [0.2, 0.25) is 0 Å². The van der Waals surface area contributed by atoms with Gasteiger partial charge >= 0.3 is 0 Å². The van der Waals surface area contributed by atoms with Crippen molar-refractivity contribution in [2.45, 2.75) is 19.4 Å². The third kappa shape index (κ3) is 2.96. The summed E-state index contributed by atoms with van der Waals surface area (Å²) in [5.41, 5.74) is 0. The van der Waals surface area contributed by atoms with E-state index >= 15 is 0 Å². The number of hydrogen-bond donors (Lipinski definition) is 2. The van der Waals surface area contributed by atoms with Gasteiger partial charge in [0.2, 0.25) is 5.91 Å². The third-order valence-electron chi connectivity index (χ3n) is 2.73. The molecule has 4 nitrogen and oxygen atoms in total. The van der Waals surface area contributed by atoms with E-state index in [0.717, 1.165) is 26.1 Å². The maximum absolute atomic E-state index is 11.7. The molecule has 14 heavy (non-hydrogen) atoms. The summed E-state index contributed by atoms with van der Waals surface area (Å²) >= 11 is 0. The van der Waals surface area contributed by atoms with Crippen molar-refractivity contribution in [2.75, 3.05) is 33.7 Å². The lowest BCUT2D eigenvalue weighted by atomic mass is 10.1. The quantitative estimate of drug-likeness (QED) is 0.654. The van der Waals surface area contributed by atoms with Crippen molar-refractivity contribution in [1.82, 2.24) is 15.5 Å². The van der Waals surface area contributed by atoms with Gasteiger partial charge in [0, 0.05) is 13.1 Å². The Morgan fingerprint density at radius 2 is 2.36 bits per heavy atom. The predicted octanol–water partition coefficient (Wildman–Crippen LogP) is -0.338. The molecule has 1 heterocycles. The Morgan fingerprint density at radius 3 is 3.00 bits per heavy atom. The van der Waals surface area contributed by atoms with Gasteiger partial charge in [-0.2, -0.15) is 0 Å². The Bertz CT molecular complexity index is 196. The van der Waals surface area contributed by atoms with Gasteiger partial charge in [-0.3, -0.25) is 9.69 Å². The van der Waals surface area contributed by atoms with Crippen molar-refractivity contribution >= 4 is 5.91 Å². The van der Waals surface area contributed by atoms with Crippen LogP contribution in [-0.4, -0.2) is 50.6 Å². The SMILES string of the molecule is CNCCC1C(=O)NCC(C)CN1C. The highest BCUT2D eigenvalue weighted by molar-refractivity contribution is 5.81. The number of carbonyl (C=O) groups is 1. The van der Waals surface area contributed by atoms with Crippen LogP contribution in [-0.2, 0) is 4.79 Å². The van der Waals surface area contributed by atoms with Crippen LogP contribution in [0.15, 0.2) is 0 Å². The lowest BCUT2D eigenvalue weighted by molar-refractivity contribution is -0.125. The molecule has 0 saturated carbocycles. The number of nitrogens with zero attached hydrogens (tertiary/aromatic N) is 1. The first-order valence-corrected chi connectivity index (χ1v) is 5.27. The molecule has 2 N–H and O–H groups in total. The highest BCUT2D eigenvalue weighted by Gasteiger charge is 2.26. The molecule has 1 amide bonds. The zero-order chi connectivity index (χ0) is 10.6. The molecule has 0 radical (unpaired) electrons. The predicted molar refractivity (Wildman–Crippen MR) is 57.1 cm³/mol. The van der Waals surface area contributed by atoms with Gasteiger partial charge in [0.1, 0.15) is 0 Å². The molecule has 1 fully saturated rings. The number of rotatable bonds is 3. The van der Waals surface area contributed by atoms with Gasteiger partial charge in [-0.05, 0) is 33.0 Å². The second-order valence-corrected chi connectivity index (χ2v) is 4.20. The molecule has 0 aromatic heterocycles. The van der Waals surface area contributed by atoms with Crippen LogP contribution in [0.4, 0.5) is 0 Å². The van der Waals surface area contributed by atoms with Crippen LogP contribution in [0, 0.1) is 5.92 Å². The van der Waals surface area contributed by atoms with Crippen LogP contribution in [0.5, 0.6) is 0 Å². The van der Waals surface area contributed by atoms with E-state index in [1.807, 2.05) is 14.1 Å². The average Bonchev–Trinajstić information content (AvgIpc) is 2.25. The van der Waals surface area contributed by atoms with Crippen LogP contribution in [0.3, 0.4) is 0 Å². The largest absolute Gasteiger partial charge is 0.354 e. The maximum atomic E-state index is 11.7. The molecular formula is C10H21N3O. The van der Waals surface area contributed by atoms with E-state index in [9.17, 15) is 4.79 Å². The Kier molecular flexibility index (Phi) is 4.35. The molecule has 4 heteroatoms. The number of nitrogens with one attached hydrogen (secondary N) is 2. The summed E-state index contributed by atoms with van der Waals surface area (Å²) in [4.78, 5) is 13.9. The number of amides is 1. The van der Waals surface area contributed by atoms with Crippen molar-refractivity contribution in [3.63, 3.8) is 0 Å².